The summed E-state index contributed by atoms with van der Waals surface area (Å²) in [6.07, 6.45) is 2.32. The van der Waals surface area contributed by atoms with Gasteiger partial charge < -0.3 is 10.2 Å². The van der Waals surface area contributed by atoms with E-state index < -0.39 is 11.6 Å². The van der Waals surface area contributed by atoms with Crippen LogP contribution in [0.2, 0.25) is 0 Å². The van der Waals surface area contributed by atoms with E-state index in [2.05, 4.69) is 24.3 Å². The molecule has 0 saturated heterocycles. The highest BCUT2D eigenvalue weighted by Crippen LogP contribution is 2.27. The zero-order valence-electron chi connectivity index (χ0n) is 16.9. The van der Waals surface area contributed by atoms with Crippen LogP contribution in [0.4, 0.5) is 8.78 Å². The van der Waals surface area contributed by atoms with E-state index in [-0.39, 0.29) is 18.5 Å². The van der Waals surface area contributed by atoms with E-state index in [4.69, 9.17) is 0 Å². The predicted molar refractivity (Wildman–Crippen MR) is 104 cm³/mol. The molecular weight excluding hydrogens is 362 g/mol. The van der Waals surface area contributed by atoms with E-state index in [1.165, 1.54) is 6.07 Å². The van der Waals surface area contributed by atoms with Crippen molar-refractivity contribution in [1.29, 1.82) is 0 Å². The van der Waals surface area contributed by atoms with Crippen LogP contribution in [0.25, 0.3) is 0 Å². The number of nitrogens with zero attached hydrogens (tertiary/aromatic N) is 3. The van der Waals surface area contributed by atoms with Gasteiger partial charge in [0, 0.05) is 50.0 Å². The lowest BCUT2D eigenvalue weighted by molar-refractivity contribution is 0.0819. The standard InChI is InChI=1S/C21H28F2N4O/c1-13(2)12-27-18-9-8-15(10-16(18)20(25-27)21(28)26(3)4)24-11-14-6-5-7-17(22)19(14)23/h5-7,13,15,24H,8-12H2,1-4H3/t15-/m0/s1. The zero-order chi connectivity index (χ0) is 20.4. The Bertz CT molecular complexity index is 860. The summed E-state index contributed by atoms with van der Waals surface area (Å²) in [5.41, 5.74) is 2.91. The van der Waals surface area contributed by atoms with Crippen molar-refractivity contribution in [2.24, 2.45) is 5.92 Å². The van der Waals surface area contributed by atoms with Crippen molar-refractivity contribution in [3.63, 3.8) is 0 Å². The van der Waals surface area contributed by atoms with Gasteiger partial charge >= 0.3 is 0 Å². The molecule has 152 valence electrons. The number of hydrogen-bond acceptors (Lipinski definition) is 3. The Labute approximate surface area is 164 Å². The van der Waals surface area contributed by atoms with Gasteiger partial charge in [-0.3, -0.25) is 9.48 Å². The molecular formula is C21H28F2N4O. The topological polar surface area (TPSA) is 50.2 Å². The van der Waals surface area contributed by atoms with Gasteiger partial charge in [0.05, 0.1) is 0 Å². The normalized spacial score (nSPS) is 16.3. The third-order valence-corrected chi connectivity index (χ3v) is 5.11. The summed E-state index contributed by atoms with van der Waals surface area (Å²) < 4.78 is 29.3. The van der Waals surface area contributed by atoms with Crippen LogP contribution in [-0.4, -0.2) is 40.7 Å². The molecule has 0 radical (unpaired) electrons. The van der Waals surface area contributed by atoms with Gasteiger partial charge in [-0.2, -0.15) is 5.10 Å². The van der Waals surface area contributed by atoms with Gasteiger partial charge in [-0.1, -0.05) is 26.0 Å². The number of rotatable bonds is 6. The fourth-order valence-electron chi connectivity index (χ4n) is 3.68. The summed E-state index contributed by atoms with van der Waals surface area (Å²) in [6.45, 7) is 5.28. The smallest absolute Gasteiger partial charge is 0.274 e. The minimum Gasteiger partial charge on any atom is -0.343 e. The lowest BCUT2D eigenvalue weighted by Gasteiger charge is -2.25. The molecule has 28 heavy (non-hydrogen) atoms. The number of fused-ring (bicyclic) bond motifs is 1. The average molecular weight is 390 g/mol. The first kappa shape index (κ1) is 20.5. The van der Waals surface area contributed by atoms with Crippen LogP contribution in [0.5, 0.6) is 0 Å². The molecule has 1 amide bonds. The lowest BCUT2D eigenvalue weighted by atomic mass is 9.90. The molecule has 0 spiro atoms. The number of carbonyl (C=O) groups excluding carboxylic acids is 1. The molecule has 0 fully saturated rings. The second kappa shape index (κ2) is 8.39. The summed E-state index contributed by atoms with van der Waals surface area (Å²) in [4.78, 5) is 14.2. The SMILES string of the molecule is CC(C)Cn1nc(C(=O)N(C)C)c2c1CC[C@H](NCc1cccc(F)c1F)C2. The number of carbonyl (C=O) groups is 1. The van der Waals surface area contributed by atoms with Crippen LogP contribution in [0.15, 0.2) is 18.2 Å². The number of hydrogen-bond donors (Lipinski definition) is 1. The van der Waals surface area contributed by atoms with Gasteiger partial charge in [0.2, 0.25) is 0 Å². The highest BCUT2D eigenvalue weighted by atomic mass is 19.2. The van der Waals surface area contributed by atoms with Gasteiger partial charge in [-0.15, -0.1) is 0 Å². The second-order valence-corrected chi connectivity index (χ2v) is 8.08. The molecule has 1 N–H and O–H groups in total. The first-order valence-corrected chi connectivity index (χ1v) is 9.74. The van der Waals surface area contributed by atoms with Gasteiger partial charge in [-0.25, -0.2) is 8.78 Å². The second-order valence-electron chi connectivity index (χ2n) is 8.08. The lowest BCUT2D eigenvalue weighted by Crippen LogP contribution is -2.35. The summed E-state index contributed by atoms with van der Waals surface area (Å²) in [5.74, 6) is -1.31. The summed E-state index contributed by atoms with van der Waals surface area (Å²) in [6, 6.07) is 4.30. The van der Waals surface area contributed by atoms with Crippen molar-refractivity contribution in [1.82, 2.24) is 20.0 Å². The maximum absolute atomic E-state index is 13.9. The molecule has 0 unspecified atom stereocenters. The van der Waals surface area contributed by atoms with Gasteiger partial charge in [-0.05, 0) is 31.2 Å². The third-order valence-electron chi connectivity index (χ3n) is 5.11. The van der Waals surface area contributed by atoms with Gasteiger partial charge in [0.25, 0.3) is 5.91 Å². The Balaban J connectivity index is 1.80. The van der Waals surface area contributed by atoms with Crippen LogP contribution >= 0.6 is 0 Å². The Kier molecular flexibility index (Phi) is 6.13. The number of benzene rings is 1. The number of halogens is 2. The Morgan fingerprint density at radius 3 is 2.79 bits per heavy atom. The van der Waals surface area contributed by atoms with E-state index in [1.807, 2.05) is 4.68 Å². The molecule has 3 rings (SSSR count). The van der Waals surface area contributed by atoms with Crippen LogP contribution in [-0.2, 0) is 25.9 Å². The van der Waals surface area contributed by atoms with Crippen LogP contribution in [0.1, 0.15) is 47.6 Å². The largest absolute Gasteiger partial charge is 0.343 e. The summed E-state index contributed by atoms with van der Waals surface area (Å²) in [7, 11) is 3.45. The van der Waals surface area contributed by atoms with Crippen LogP contribution < -0.4 is 5.32 Å². The number of amides is 1. The summed E-state index contributed by atoms with van der Waals surface area (Å²) >= 11 is 0. The van der Waals surface area contributed by atoms with Crippen LogP contribution in [0, 0.1) is 17.6 Å². The maximum atomic E-state index is 13.9. The van der Waals surface area contributed by atoms with Crippen molar-refractivity contribution in [2.75, 3.05) is 14.1 Å². The quantitative estimate of drug-likeness (QED) is 0.824. The van der Waals surface area contributed by atoms with Crippen LogP contribution in [0.3, 0.4) is 0 Å². The molecule has 1 heterocycles. The molecule has 1 atom stereocenters. The molecule has 0 saturated carbocycles. The molecule has 5 nitrogen and oxygen atoms in total. The Morgan fingerprint density at radius 2 is 2.11 bits per heavy atom. The first-order valence-electron chi connectivity index (χ1n) is 9.74. The van der Waals surface area contributed by atoms with E-state index in [9.17, 15) is 13.6 Å². The Hall–Kier alpha value is -2.28. The van der Waals surface area contributed by atoms with Crippen molar-refractivity contribution in [2.45, 2.75) is 52.2 Å². The summed E-state index contributed by atoms with van der Waals surface area (Å²) in [5, 5.41) is 7.94. The highest BCUT2D eigenvalue weighted by molar-refractivity contribution is 5.93. The molecule has 1 aromatic heterocycles. The number of nitrogens with one attached hydrogen (secondary N) is 1. The van der Waals surface area contributed by atoms with Gasteiger partial charge in [0.1, 0.15) is 0 Å². The number of aromatic nitrogens is 2. The average Bonchev–Trinajstić information content (AvgIpc) is 2.99. The maximum Gasteiger partial charge on any atom is 0.274 e. The van der Waals surface area contributed by atoms with E-state index in [0.29, 0.717) is 23.6 Å². The Morgan fingerprint density at radius 1 is 1.36 bits per heavy atom. The predicted octanol–water partition coefficient (Wildman–Crippen LogP) is 3.17. The van der Waals surface area contributed by atoms with E-state index in [0.717, 1.165) is 36.7 Å². The minimum atomic E-state index is -0.834. The molecule has 1 aliphatic rings. The third kappa shape index (κ3) is 4.24. The molecule has 1 aliphatic carbocycles. The van der Waals surface area contributed by atoms with Crippen molar-refractivity contribution in [3.05, 3.63) is 52.3 Å². The molecule has 2 aromatic rings. The van der Waals surface area contributed by atoms with Gasteiger partial charge in [0.15, 0.2) is 17.3 Å². The van der Waals surface area contributed by atoms with Crippen molar-refractivity contribution < 1.29 is 13.6 Å². The monoisotopic (exact) mass is 390 g/mol. The molecule has 1 aromatic carbocycles. The molecule has 7 heteroatoms. The molecule has 0 aliphatic heterocycles. The highest BCUT2D eigenvalue weighted by Gasteiger charge is 2.30. The fourth-order valence-corrected chi connectivity index (χ4v) is 3.68. The van der Waals surface area contributed by atoms with Crippen molar-refractivity contribution >= 4 is 5.91 Å². The fraction of sp³-hybridized carbons (Fsp3) is 0.524. The first-order chi connectivity index (χ1) is 13.3. The molecule has 0 bridgehead atoms. The van der Waals surface area contributed by atoms with E-state index in [1.54, 1.807) is 25.1 Å². The van der Waals surface area contributed by atoms with Crippen molar-refractivity contribution in [3.8, 4) is 0 Å². The van der Waals surface area contributed by atoms with E-state index >= 15 is 0 Å². The minimum absolute atomic E-state index is 0.0839. The zero-order valence-corrected chi connectivity index (χ0v) is 16.9.